The summed E-state index contributed by atoms with van der Waals surface area (Å²) in [4.78, 5) is 10.4. The summed E-state index contributed by atoms with van der Waals surface area (Å²) < 4.78 is 9.47. The average Bonchev–Trinajstić information content (AvgIpc) is 2.33. The molecule has 66 valence electrons. The van der Waals surface area contributed by atoms with Crippen molar-refractivity contribution in [3.05, 3.63) is 0 Å². The van der Waals surface area contributed by atoms with Crippen LogP contribution in [0.25, 0.3) is 0 Å². The molecular formula is C8H16O3. The molecule has 1 rings (SSSR count). The molecule has 1 aliphatic heterocycles. The van der Waals surface area contributed by atoms with E-state index < -0.39 is 6.16 Å². The molecule has 0 aromatic carbocycles. The largest absolute Gasteiger partial charge is 0.509 e. The Hall–Kier alpha value is -0.730. The molecule has 0 spiro atoms. The van der Waals surface area contributed by atoms with Gasteiger partial charge in [-0.05, 0) is 13.3 Å². The Balaban J connectivity index is 0.000000461. The van der Waals surface area contributed by atoms with E-state index >= 15 is 0 Å². The van der Waals surface area contributed by atoms with Gasteiger partial charge in [-0.1, -0.05) is 20.8 Å². The number of hydrogen-bond donors (Lipinski definition) is 0. The Bertz CT molecular complexity index is 123. The molecule has 2 atom stereocenters. The number of carbonyl (C=O) groups is 1. The summed E-state index contributed by atoms with van der Waals surface area (Å²) in [6.07, 6.45) is 0.196. The number of ether oxygens (including phenoxy) is 2. The van der Waals surface area contributed by atoms with Crippen LogP contribution in [0.15, 0.2) is 0 Å². The van der Waals surface area contributed by atoms with E-state index in [1.807, 2.05) is 27.7 Å². The third-order valence-electron chi connectivity index (χ3n) is 1.46. The molecule has 2 unspecified atom stereocenters. The first-order valence-electron chi connectivity index (χ1n) is 4.11. The van der Waals surface area contributed by atoms with Crippen LogP contribution in [-0.4, -0.2) is 18.4 Å². The quantitative estimate of drug-likeness (QED) is 0.552. The lowest BCUT2D eigenvalue weighted by molar-refractivity contribution is 0.116. The molecule has 1 saturated heterocycles. The Morgan fingerprint density at radius 1 is 1.36 bits per heavy atom. The summed E-state index contributed by atoms with van der Waals surface area (Å²) in [7, 11) is 0. The molecule has 1 heterocycles. The van der Waals surface area contributed by atoms with E-state index in [0.29, 0.717) is 0 Å². The van der Waals surface area contributed by atoms with Gasteiger partial charge in [-0.15, -0.1) is 0 Å². The zero-order valence-corrected chi connectivity index (χ0v) is 7.59. The maximum atomic E-state index is 10.4. The molecule has 0 aliphatic carbocycles. The van der Waals surface area contributed by atoms with Crippen LogP contribution in [0.2, 0.25) is 0 Å². The summed E-state index contributed by atoms with van der Waals surface area (Å²) in [6, 6.07) is 0. The Kier molecular flexibility index (Phi) is 4.66. The Morgan fingerprint density at radius 2 is 1.91 bits per heavy atom. The van der Waals surface area contributed by atoms with E-state index in [-0.39, 0.29) is 12.2 Å². The molecule has 1 aliphatic rings. The number of rotatable bonds is 1. The van der Waals surface area contributed by atoms with Crippen LogP contribution in [0, 0.1) is 0 Å². The van der Waals surface area contributed by atoms with Crippen molar-refractivity contribution in [3.8, 4) is 0 Å². The van der Waals surface area contributed by atoms with Crippen LogP contribution in [0.3, 0.4) is 0 Å². The van der Waals surface area contributed by atoms with Gasteiger partial charge < -0.3 is 9.47 Å². The van der Waals surface area contributed by atoms with E-state index in [0.717, 1.165) is 6.42 Å². The predicted octanol–water partition coefficient (Wildman–Crippen LogP) is 2.35. The summed E-state index contributed by atoms with van der Waals surface area (Å²) in [5.74, 6) is 0. The molecular weight excluding hydrogens is 144 g/mol. The van der Waals surface area contributed by atoms with Crippen LogP contribution < -0.4 is 0 Å². The van der Waals surface area contributed by atoms with Gasteiger partial charge in [-0.3, -0.25) is 0 Å². The highest BCUT2D eigenvalue weighted by Crippen LogP contribution is 2.16. The molecule has 0 radical (unpaired) electrons. The zero-order chi connectivity index (χ0) is 8.85. The highest BCUT2D eigenvalue weighted by Gasteiger charge is 2.30. The van der Waals surface area contributed by atoms with Crippen molar-refractivity contribution >= 4 is 6.16 Å². The molecule has 3 heteroatoms. The van der Waals surface area contributed by atoms with Gasteiger partial charge in [0.25, 0.3) is 0 Å². The third kappa shape index (κ3) is 2.78. The van der Waals surface area contributed by atoms with Crippen molar-refractivity contribution in [3.63, 3.8) is 0 Å². The van der Waals surface area contributed by atoms with Crippen molar-refractivity contribution in [1.29, 1.82) is 0 Å². The van der Waals surface area contributed by atoms with Gasteiger partial charge in [0.15, 0.2) is 0 Å². The van der Waals surface area contributed by atoms with Gasteiger partial charge in [0.2, 0.25) is 0 Å². The summed E-state index contributed by atoms with van der Waals surface area (Å²) in [5.41, 5.74) is 0. The molecule has 0 aromatic heterocycles. The summed E-state index contributed by atoms with van der Waals surface area (Å²) in [5, 5.41) is 0. The van der Waals surface area contributed by atoms with E-state index in [9.17, 15) is 4.79 Å². The highest BCUT2D eigenvalue weighted by atomic mass is 16.8. The lowest BCUT2D eigenvalue weighted by Crippen LogP contribution is -2.17. The number of hydrogen-bond acceptors (Lipinski definition) is 3. The fourth-order valence-electron chi connectivity index (χ4n) is 0.890. The van der Waals surface area contributed by atoms with Crippen molar-refractivity contribution < 1.29 is 14.3 Å². The summed E-state index contributed by atoms with van der Waals surface area (Å²) >= 11 is 0. The Labute approximate surface area is 67.7 Å². The predicted molar refractivity (Wildman–Crippen MR) is 42.5 cm³/mol. The summed E-state index contributed by atoms with van der Waals surface area (Å²) in [6.45, 7) is 7.79. The minimum Gasteiger partial charge on any atom is -0.427 e. The van der Waals surface area contributed by atoms with E-state index in [1.165, 1.54) is 0 Å². The molecule has 3 nitrogen and oxygen atoms in total. The van der Waals surface area contributed by atoms with Crippen molar-refractivity contribution in [1.82, 2.24) is 0 Å². The molecule has 11 heavy (non-hydrogen) atoms. The second-order valence-electron chi connectivity index (χ2n) is 2.14. The van der Waals surface area contributed by atoms with E-state index in [2.05, 4.69) is 0 Å². The lowest BCUT2D eigenvalue weighted by atomic mass is 10.2. The number of cyclic esters (lactones) is 2. The molecule has 0 N–H and O–H groups in total. The highest BCUT2D eigenvalue weighted by molar-refractivity contribution is 5.62. The van der Waals surface area contributed by atoms with E-state index in [4.69, 9.17) is 9.47 Å². The molecule has 0 aromatic rings. The zero-order valence-electron chi connectivity index (χ0n) is 7.59. The van der Waals surface area contributed by atoms with Gasteiger partial charge in [-0.2, -0.15) is 0 Å². The average molecular weight is 160 g/mol. The van der Waals surface area contributed by atoms with Crippen LogP contribution >= 0.6 is 0 Å². The number of carbonyl (C=O) groups excluding carboxylic acids is 1. The lowest BCUT2D eigenvalue weighted by Gasteiger charge is -2.05. The van der Waals surface area contributed by atoms with Gasteiger partial charge >= 0.3 is 6.16 Å². The van der Waals surface area contributed by atoms with Crippen LogP contribution in [0.5, 0.6) is 0 Å². The van der Waals surface area contributed by atoms with Crippen molar-refractivity contribution in [2.24, 2.45) is 0 Å². The third-order valence-corrected chi connectivity index (χ3v) is 1.46. The first kappa shape index (κ1) is 10.3. The second-order valence-corrected chi connectivity index (χ2v) is 2.14. The minimum atomic E-state index is -0.533. The van der Waals surface area contributed by atoms with Gasteiger partial charge in [-0.25, -0.2) is 4.79 Å². The van der Waals surface area contributed by atoms with Crippen LogP contribution in [0.4, 0.5) is 4.79 Å². The molecule has 0 amide bonds. The smallest absolute Gasteiger partial charge is 0.427 e. The van der Waals surface area contributed by atoms with E-state index in [1.54, 1.807) is 0 Å². The Morgan fingerprint density at radius 3 is 2.09 bits per heavy atom. The second kappa shape index (κ2) is 4.99. The van der Waals surface area contributed by atoms with Crippen LogP contribution in [-0.2, 0) is 9.47 Å². The molecule has 0 bridgehead atoms. The first-order chi connectivity index (χ1) is 5.24. The SMILES string of the molecule is CC.CCC1OC(=O)OC1C. The fraction of sp³-hybridized carbons (Fsp3) is 0.875. The van der Waals surface area contributed by atoms with Gasteiger partial charge in [0.05, 0.1) is 0 Å². The van der Waals surface area contributed by atoms with Gasteiger partial charge in [0, 0.05) is 0 Å². The maximum absolute atomic E-state index is 10.4. The van der Waals surface area contributed by atoms with Crippen molar-refractivity contribution in [2.75, 3.05) is 0 Å². The van der Waals surface area contributed by atoms with Crippen LogP contribution in [0.1, 0.15) is 34.1 Å². The minimum absolute atomic E-state index is 0.0301. The normalized spacial score (nSPS) is 28.2. The monoisotopic (exact) mass is 160 g/mol. The fourth-order valence-corrected chi connectivity index (χ4v) is 0.890. The van der Waals surface area contributed by atoms with Crippen molar-refractivity contribution in [2.45, 2.75) is 46.3 Å². The topological polar surface area (TPSA) is 35.5 Å². The maximum Gasteiger partial charge on any atom is 0.509 e. The first-order valence-corrected chi connectivity index (χ1v) is 4.11. The molecule has 1 fully saturated rings. The standard InChI is InChI=1S/C6H10O3.C2H6/c1-3-5-4(2)8-6(7)9-5;1-2/h4-5H,3H2,1-2H3;1-2H3. The van der Waals surface area contributed by atoms with Gasteiger partial charge in [0.1, 0.15) is 12.2 Å². The molecule has 0 saturated carbocycles.